The molecule has 1 saturated heterocycles. The molecule has 0 aromatic heterocycles. The van der Waals surface area contributed by atoms with Gasteiger partial charge in [0.25, 0.3) is 5.91 Å². The van der Waals surface area contributed by atoms with Crippen LogP contribution in [0.5, 0.6) is 0 Å². The number of halogens is 1. The number of ether oxygens (including phenoxy) is 1. The molecule has 1 aliphatic rings. The summed E-state index contributed by atoms with van der Waals surface area (Å²) in [6.07, 6.45) is 0.0522. The van der Waals surface area contributed by atoms with Crippen molar-refractivity contribution in [1.82, 2.24) is 0 Å². The summed E-state index contributed by atoms with van der Waals surface area (Å²) >= 11 is 6.06. The Balaban J connectivity index is 2.22. The van der Waals surface area contributed by atoms with Crippen LogP contribution in [0.25, 0.3) is 0 Å². The molecule has 1 atom stereocenters. The van der Waals surface area contributed by atoms with Crippen LogP contribution in [-0.4, -0.2) is 25.2 Å². The van der Waals surface area contributed by atoms with Gasteiger partial charge >= 0.3 is 0 Å². The van der Waals surface area contributed by atoms with Crippen molar-refractivity contribution in [2.24, 2.45) is 0 Å². The molecule has 4 nitrogen and oxygen atoms in total. The van der Waals surface area contributed by atoms with Gasteiger partial charge in [-0.3, -0.25) is 4.79 Å². The number of carbonyl (C=O) groups excluding carboxylic acids is 1. The van der Waals surface area contributed by atoms with Crippen LogP contribution in [0.15, 0.2) is 18.2 Å². The van der Waals surface area contributed by atoms with Gasteiger partial charge in [0, 0.05) is 10.7 Å². The number of hydrogen-bond acceptors (Lipinski definition) is 3. The van der Waals surface area contributed by atoms with E-state index in [1.165, 1.54) is 0 Å². The van der Waals surface area contributed by atoms with Crippen LogP contribution >= 0.6 is 11.6 Å². The molecule has 1 fully saturated rings. The van der Waals surface area contributed by atoms with Crippen molar-refractivity contribution in [3.63, 3.8) is 0 Å². The van der Waals surface area contributed by atoms with E-state index in [2.05, 4.69) is 6.07 Å². The molecular formula is C13H13ClN2O2. The predicted molar refractivity (Wildman–Crippen MR) is 68.5 cm³/mol. The van der Waals surface area contributed by atoms with Crippen molar-refractivity contribution < 1.29 is 9.53 Å². The first-order valence-electron chi connectivity index (χ1n) is 5.67. The lowest BCUT2D eigenvalue weighted by molar-refractivity contribution is -0.129. The number of nitriles is 1. The molecule has 0 aliphatic carbocycles. The maximum atomic E-state index is 11.8. The molecule has 0 spiro atoms. The van der Waals surface area contributed by atoms with Gasteiger partial charge in [-0.15, -0.1) is 0 Å². The van der Waals surface area contributed by atoms with Gasteiger partial charge in [0.15, 0.2) is 0 Å². The number of carbonyl (C=O) groups is 1. The van der Waals surface area contributed by atoms with E-state index in [4.69, 9.17) is 21.6 Å². The Morgan fingerprint density at radius 1 is 1.61 bits per heavy atom. The number of hydrogen-bond donors (Lipinski definition) is 0. The highest BCUT2D eigenvalue weighted by Crippen LogP contribution is 2.25. The molecule has 0 radical (unpaired) electrons. The minimum absolute atomic E-state index is 0.0117. The summed E-state index contributed by atoms with van der Waals surface area (Å²) in [6.45, 7) is 2.31. The van der Waals surface area contributed by atoms with Crippen molar-refractivity contribution in [2.75, 3.05) is 18.1 Å². The number of rotatable bonds is 2. The second kappa shape index (κ2) is 5.38. The number of nitrogens with zero attached hydrogens (tertiary/aromatic N) is 2. The first kappa shape index (κ1) is 12.9. The molecule has 94 valence electrons. The zero-order chi connectivity index (χ0) is 13.1. The zero-order valence-electron chi connectivity index (χ0n) is 10.0. The Morgan fingerprint density at radius 2 is 2.39 bits per heavy atom. The first-order valence-corrected chi connectivity index (χ1v) is 6.04. The smallest absolute Gasteiger partial charge is 0.253 e. The van der Waals surface area contributed by atoms with Crippen molar-refractivity contribution in [1.29, 1.82) is 5.26 Å². The standard InChI is InChI=1S/C13H13ClN2O2/c1-9-2-3-10(6-12(9)14)16-7-11(4-5-15)18-8-13(16)17/h2-3,6,11H,4,7-8H2,1H3. The van der Waals surface area contributed by atoms with Crippen LogP contribution in [0.2, 0.25) is 5.02 Å². The largest absolute Gasteiger partial charge is 0.365 e. The molecule has 2 rings (SSSR count). The number of amides is 1. The van der Waals surface area contributed by atoms with E-state index >= 15 is 0 Å². The Morgan fingerprint density at radius 3 is 3.06 bits per heavy atom. The maximum Gasteiger partial charge on any atom is 0.253 e. The zero-order valence-corrected chi connectivity index (χ0v) is 10.8. The average molecular weight is 265 g/mol. The number of aryl methyl sites for hydroxylation is 1. The Hall–Kier alpha value is -1.57. The lowest BCUT2D eigenvalue weighted by Gasteiger charge is -2.32. The summed E-state index contributed by atoms with van der Waals surface area (Å²) in [5.74, 6) is -0.107. The van der Waals surface area contributed by atoms with Gasteiger partial charge in [0.1, 0.15) is 6.61 Å². The van der Waals surface area contributed by atoms with Crippen molar-refractivity contribution in [3.8, 4) is 6.07 Å². The summed E-state index contributed by atoms with van der Waals surface area (Å²) < 4.78 is 5.29. The number of anilines is 1. The van der Waals surface area contributed by atoms with Crippen molar-refractivity contribution in [3.05, 3.63) is 28.8 Å². The van der Waals surface area contributed by atoms with Crippen LogP contribution in [0, 0.1) is 18.3 Å². The molecule has 0 saturated carbocycles. The average Bonchev–Trinajstić information content (AvgIpc) is 2.35. The summed E-state index contributed by atoms with van der Waals surface area (Å²) in [7, 11) is 0. The molecule has 1 unspecified atom stereocenters. The van der Waals surface area contributed by atoms with Gasteiger partial charge in [0.2, 0.25) is 0 Å². The van der Waals surface area contributed by atoms with E-state index in [1.807, 2.05) is 19.1 Å². The third-order valence-electron chi connectivity index (χ3n) is 2.92. The van der Waals surface area contributed by atoms with Crippen LogP contribution in [-0.2, 0) is 9.53 Å². The summed E-state index contributed by atoms with van der Waals surface area (Å²) in [5, 5.41) is 9.30. The van der Waals surface area contributed by atoms with Crippen LogP contribution in [0.4, 0.5) is 5.69 Å². The Kier molecular flexibility index (Phi) is 3.85. The highest BCUT2D eigenvalue weighted by molar-refractivity contribution is 6.31. The predicted octanol–water partition coefficient (Wildman–Crippen LogP) is 2.29. The molecule has 1 aliphatic heterocycles. The first-order chi connectivity index (χ1) is 8.61. The highest BCUT2D eigenvalue weighted by atomic mass is 35.5. The van der Waals surface area contributed by atoms with Gasteiger partial charge in [-0.05, 0) is 24.6 Å². The fourth-order valence-corrected chi connectivity index (χ4v) is 2.02. The lowest BCUT2D eigenvalue weighted by atomic mass is 10.1. The molecular weight excluding hydrogens is 252 g/mol. The topological polar surface area (TPSA) is 53.3 Å². The third-order valence-corrected chi connectivity index (χ3v) is 3.32. The van der Waals surface area contributed by atoms with E-state index in [9.17, 15) is 4.79 Å². The monoisotopic (exact) mass is 264 g/mol. The number of benzene rings is 1. The van der Waals surface area contributed by atoms with Crippen LogP contribution in [0.3, 0.4) is 0 Å². The van der Waals surface area contributed by atoms with Gasteiger partial charge in [-0.2, -0.15) is 5.26 Å². The Bertz CT molecular complexity index is 510. The van der Waals surface area contributed by atoms with E-state index in [-0.39, 0.29) is 25.0 Å². The third kappa shape index (κ3) is 2.63. The molecule has 18 heavy (non-hydrogen) atoms. The van der Waals surface area contributed by atoms with E-state index in [1.54, 1.807) is 11.0 Å². The second-order valence-corrected chi connectivity index (χ2v) is 4.64. The van der Waals surface area contributed by atoms with E-state index < -0.39 is 0 Å². The van der Waals surface area contributed by atoms with Gasteiger partial charge in [0.05, 0.1) is 25.1 Å². The van der Waals surface area contributed by atoms with Gasteiger partial charge in [-0.25, -0.2) is 0 Å². The minimum Gasteiger partial charge on any atom is -0.365 e. The summed E-state index contributed by atoms with van der Waals surface area (Å²) in [4.78, 5) is 13.4. The molecule has 1 aromatic carbocycles. The second-order valence-electron chi connectivity index (χ2n) is 4.23. The van der Waals surface area contributed by atoms with Gasteiger partial charge < -0.3 is 9.64 Å². The van der Waals surface area contributed by atoms with Crippen LogP contribution < -0.4 is 4.90 Å². The van der Waals surface area contributed by atoms with Crippen LogP contribution in [0.1, 0.15) is 12.0 Å². The van der Waals surface area contributed by atoms with Crippen molar-refractivity contribution >= 4 is 23.2 Å². The summed E-state index contributed by atoms with van der Waals surface area (Å²) in [6, 6.07) is 7.55. The maximum absolute atomic E-state index is 11.8. The fraction of sp³-hybridized carbons (Fsp3) is 0.385. The fourth-order valence-electron chi connectivity index (χ4n) is 1.85. The highest BCUT2D eigenvalue weighted by Gasteiger charge is 2.27. The molecule has 1 heterocycles. The SMILES string of the molecule is Cc1ccc(N2CC(CC#N)OCC2=O)cc1Cl. The normalized spacial score (nSPS) is 19.7. The molecule has 5 heteroatoms. The minimum atomic E-state index is -0.229. The number of morpholine rings is 1. The van der Waals surface area contributed by atoms with E-state index in [0.29, 0.717) is 11.6 Å². The molecule has 0 bridgehead atoms. The lowest BCUT2D eigenvalue weighted by Crippen LogP contribution is -2.46. The Labute approximate surface area is 111 Å². The van der Waals surface area contributed by atoms with Crippen molar-refractivity contribution in [2.45, 2.75) is 19.4 Å². The van der Waals surface area contributed by atoms with E-state index in [0.717, 1.165) is 11.3 Å². The summed E-state index contributed by atoms with van der Waals surface area (Å²) in [5.41, 5.74) is 1.72. The molecule has 1 aromatic rings. The molecule has 1 amide bonds. The quantitative estimate of drug-likeness (QED) is 0.824. The van der Waals surface area contributed by atoms with Gasteiger partial charge in [-0.1, -0.05) is 17.7 Å². The molecule has 0 N–H and O–H groups in total.